The van der Waals surface area contributed by atoms with Crippen LogP contribution in [0.1, 0.15) is 62.5 Å². The van der Waals surface area contributed by atoms with Crippen LogP contribution in [0, 0.1) is 11.8 Å². The highest BCUT2D eigenvalue weighted by Crippen LogP contribution is 2.40. The number of ketones is 4. The summed E-state index contributed by atoms with van der Waals surface area (Å²) in [6.45, 7) is 0. The minimum Gasteiger partial charge on any atom is -0.289 e. The van der Waals surface area contributed by atoms with E-state index in [1.807, 2.05) is 36.4 Å². The summed E-state index contributed by atoms with van der Waals surface area (Å²) < 4.78 is 0. The molecule has 4 aliphatic carbocycles. The zero-order valence-electron chi connectivity index (χ0n) is 21.1. The summed E-state index contributed by atoms with van der Waals surface area (Å²) in [6, 6.07) is 18.2. The van der Waals surface area contributed by atoms with Crippen LogP contribution in [0.25, 0.3) is 11.1 Å². The molecule has 0 radical (unpaired) electrons. The molecular weight excluding hydrogens is 472 g/mol. The minimum atomic E-state index is -0.236. The van der Waals surface area contributed by atoms with Crippen molar-refractivity contribution < 1.29 is 19.2 Å². The summed E-state index contributed by atoms with van der Waals surface area (Å²) in [5.74, 6) is 5.15. The lowest BCUT2D eigenvalue weighted by Gasteiger charge is -2.26. The monoisotopic (exact) mass is 498 g/mol. The smallest absolute Gasteiger partial charge is 0.198 e. The van der Waals surface area contributed by atoms with Gasteiger partial charge in [0.05, 0.1) is 11.1 Å². The predicted molar refractivity (Wildman–Crippen MR) is 146 cm³/mol. The van der Waals surface area contributed by atoms with Crippen molar-refractivity contribution in [1.82, 2.24) is 0 Å². The number of benzene rings is 2. The number of hydrogen-bond acceptors (Lipinski definition) is 4. The lowest BCUT2D eigenvalue weighted by atomic mass is 9.74. The lowest BCUT2D eigenvalue weighted by molar-refractivity contribution is -0.115. The number of Topliss-reactive ketones (excluding diaryl/α,β-unsaturated/α-hetero) is 4. The van der Waals surface area contributed by atoms with Crippen molar-refractivity contribution in [2.24, 2.45) is 0 Å². The van der Waals surface area contributed by atoms with Crippen molar-refractivity contribution in [2.75, 3.05) is 0 Å². The Labute approximate surface area is 221 Å². The molecule has 0 amide bonds. The van der Waals surface area contributed by atoms with Crippen molar-refractivity contribution in [3.05, 3.63) is 105 Å². The molecule has 186 valence electrons. The van der Waals surface area contributed by atoms with Crippen LogP contribution in [0.2, 0.25) is 0 Å². The van der Waals surface area contributed by atoms with Crippen molar-refractivity contribution in [3.63, 3.8) is 0 Å². The Morgan fingerprint density at radius 3 is 1.08 bits per heavy atom. The highest BCUT2D eigenvalue weighted by molar-refractivity contribution is 6.42. The molecule has 0 fully saturated rings. The maximum Gasteiger partial charge on any atom is 0.198 e. The first-order chi connectivity index (χ1) is 18.6. The standard InChI is InChI=1S/C34H26O4/c35-31-23-15-7-9-17-25(23)33(37)29(21-11-3-1-4-12-21)27(31)19-20-28-30(22-13-5-2-6-14-22)34(38)26-18-10-8-16-24(26)32(28)36/h1-6,11-14H,7-10,15-18H2. The lowest BCUT2D eigenvalue weighted by Crippen LogP contribution is -2.26. The van der Waals surface area contributed by atoms with E-state index in [-0.39, 0.29) is 45.4 Å². The zero-order valence-corrected chi connectivity index (χ0v) is 21.1. The van der Waals surface area contributed by atoms with E-state index in [0.717, 1.165) is 25.7 Å². The van der Waals surface area contributed by atoms with Gasteiger partial charge in [0.1, 0.15) is 0 Å². The van der Waals surface area contributed by atoms with Crippen molar-refractivity contribution in [2.45, 2.75) is 51.4 Å². The molecule has 4 heteroatoms. The summed E-state index contributed by atoms with van der Waals surface area (Å²) in [4.78, 5) is 54.8. The van der Waals surface area contributed by atoms with Gasteiger partial charge in [-0.3, -0.25) is 19.2 Å². The van der Waals surface area contributed by atoms with Gasteiger partial charge in [-0.15, -0.1) is 0 Å². The average Bonchev–Trinajstić information content (AvgIpc) is 2.97. The number of rotatable bonds is 2. The van der Waals surface area contributed by atoms with E-state index in [4.69, 9.17) is 0 Å². The highest BCUT2D eigenvalue weighted by Gasteiger charge is 2.37. The molecule has 38 heavy (non-hydrogen) atoms. The maximum absolute atomic E-state index is 13.7. The molecule has 0 aliphatic heterocycles. The number of allylic oxidation sites excluding steroid dienone is 8. The van der Waals surface area contributed by atoms with Gasteiger partial charge in [0.15, 0.2) is 23.1 Å². The molecule has 0 bridgehead atoms. The molecule has 0 saturated carbocycles. The molecule has 0 atom stereocenters. The van der Waals surface area contributed by atoms with Gasteiger partial charge in [0, 0.05) is 33.4 Å². The first-order valence-corrected chi connectivity index (χ1v) is 13.3. The van der Waals surface area contributed by atoms with Crippen molar-refractivity contribution >= 4 is 34.3 Å². The Bertz CT molecular complexity index is 1480. The fourth-order valence-corrected chi connectivity index (χ4v) is 5.99. The van der Waals surface area contributed by atoms with Crippen molar-refractivity contribution in [1.29, 1.82) is 0 Å². The molecule has 0 unspecified atom stereocenters. The van der Waals surface area contributed by atoms with Crippen LogP contribution in [0.4, 0.5) is 0 Å². The molecule has 2 aromatic carbocycles. The molecule has 4 nitrogen and oxygen atoms in total. The van der Waals surface area contributed by atoms with Crippen molar-refractivity contribution in [3.8, 4) is 11.8 Å². The maximum atomic E-state index is 13.7. The van der Waals surface area contributed by atoms with E-state index in [1.165, 1.54) is 0 Å². The molecule has 2 aromatic rings. The molecule has 0 aromatic heterocycles. The summed E-state index contributed by atoms with van der Waals surface area (Å²) in [5.41, 5.74) is 4.36. The Balaban J connectivity index is 1.56. The third-order valence-corrected chi connectivity index (χ3v) is 7.88. The fourth-order valence-electron chi connectivity index (χ4n) is 5.99. The molecule has 0 saturated heterocycles. The quantitative estimate of drug-likeness (QED) is 0.380. The minimum absolute atomic E-state index is 0.116. The summed E-state index contributed by atoms with van der Waals surface area (Å²) in [6.07, 6.45) is 5.75. The summed E-state index contributed by atoms with van der Waals surface area (Å²) in [5, 5.41) is 0. The topological polar surface area (TPSA) is 68.3 Å². The van der Waals surface area contributed by atoms with E-state index in [1.54, 1.807) is 24.3 Å². The fraction of sp³-hybridized carbons (Fsp3) is 0.235. The second-order valence-electron chi connectivity index (χ2n) is 10.1. The second kappa shape index (κ2) is 9.84. The predicted octanol–water partition coefficient (Wildman–Crippen LogP) is 5.94. The Morgan fingerprint density at radius 1 is 0.421 bits per heavy atom. The van der Waals surface area contributed by atoms with Gasteiger partial charge in [-0.05, 0) is 62.5 Å². The van der Waals surface area contributed by atoms with Crippen LogP contribution in [-0.4, -0.2) is 23.1 Å². The Hall–Kier alpha value is -4.36. The average molecular weight is 499 g/mol. The van der Waals surface area contributed by atoms with Crippen LogP contribution in [0.15, 0.2) is 94.1 Å². The van der Waals surface area contributed by atoms with E-state index < -0.39 is 0 Å². The normalized spacial score (nSPS) is 19.9. The molecule has 0 heterocycles. The Kier molecular flexibility index (Phi) is 6.21. The van der Waals surface area contributed by atoms with Crippen LogP contribution in [0.3, 0.4) is 0 Å². The van der Waals surface area contributed by atoms with Gasteiger partial charge >= 0.3 is 0 Å². The van der Waals surface area contributed by atoms with Gasteiger partial charge < -0.3 is 0 Å². The van der Waals surface area contributed by atoms with E-state index >= 15 is 0 Å². The van der Waals surface area contributed by atoms with Gasteiger partial charge in [-0.25, -0.2) is 0 Å². The molecule has 4 aliphatic rings. The van der Waals surface area contributed by atoms with E-state index in [9.17, 15) is 19.2 Å². The highest BCUT2D eigenvalue weighted by atomic mass is 16.1. The Morgan fingerprint density at radius 2 is 0.737 bits per heavy atom. The first-order valence-electron chi connectivity index (χ1n) is 13.3. The molecular formula is C34H26O4. The largest absolute Gasteiger partial charge is 0.289 e. The molecule has 0 N–H and O–H groups in total. The summed E-state index contributed by atoms with van der Waals surface area (Å²) in [7, 11) is 0. The van der Waals surface area contributed by atoms with Crippen LogP contribution in [0.5, 0.6) is 0 Å². The van der Waals surface area contributed by atoms with Crippen LogP contribution in [-0.2, 0) is 19.2 Å². The van der Waals surface area contributed by atoms with Gasteiger partial charge in [0.25, 0.3) is 0 Å². The van der Waals surface area contributed by atoms with Gasteiger partial charge in [-0.2, -0.15) is 0 Å². The first kappa shape index (κ1) is 24.0. The van der Waals surface area contributed by atoms with E-state index in [2.05, 4.69) is 11.8 Å². The number of hydrogen-bond donors (Lipinski definition) is 0. The third kappa shape index (κ3) is 3.96. The van der Waals surface area contributed by atoms with Crippen LogP contribution >= 0.6 is 0 Å². The zero-order chi connectivity index (χ0) is 26.2. The third-order valence-electron chi connectivity index (χ3n) is 7.88. The number of carbonyl (C=O) groups is 4. The van der Waals surface area contributed by atoms with Gasteiger partial charge in [-0.1, -0.05) is 72.5 Å². The van der Waals surface area contributed by atoms with E-state index in [0.29, 0.717) is 59.1 Å². The second-order valence-corrected chi connectivity index (χ2v) is 10.1. The molecule has 0 spiro atoms. The van der Waals surface area contributed by atoms with Crippen LogP contribution < -0.4 is 0 Å². The SMILES string of the molecule is O=C1C(C#CC2=C(c3ccccc3)C(=O)C3=C(CCCC3)C2=O)=C(c2ccccc2)C(=O)C2=C1CCCC2. The molecule has 6 rings (SSSR count). The number of carbonyl (C=O) groups excluding carboxylic acids is 4. The summed E-state index contributed by atoms with van der Waals surface area (Å²) >= 11 is 0. The van der Waals surface area contributed by atoms with Gasteiger partial charge in [0.2, 0.25) is 0 Å².